The van der Waals surface area contributed by atoms with Crippen LogP contribution in [0.25, 0.3) is 0 Å². The summed E-state index contributed by atoms with van der Waals surface area (Å²) in [7, 11) is 3.07. The molecule has 0 spiro atoms. The molecule has 1 aromatic heterocycles. The van der Waals surface area contributed by atoms with Gasteiger partial charge in [0.25, 0.3) is 5.91 Å². The topological polar surface area (TPSA) is 92.5 Å². The van der Waals surface area contributed by atoms with Gasteiger partial charge in [0, 0.05) is 22.3 Å². The van der Waals surface area contributed by atoms with Crippen LogP contribution in [0.3, 0.4) is 0 Å². The van der Waals surface area contributed by atoms with E-state index in [-0.39, 0.29) is 12.3 Å². The number of ether oxygens (including phenoxy) is 2. The summed E-state index contributed by atoms with van der Waals surface area (Å²) in [6, 6.07) is 6.77. The van der Waals surface area contributed by atoms with Gasteiger partial charge < -0.3 is 14.5 Å². The molecule has 1 heterocycles. The maximum atomic E-state index is 11.9. The zero-order valence-electron chi connectivity index (χ0n) is 12.6. The maximum Gasteiger partial charge on any atom is 0.286 e. The molecule has 0 fully saturated rings. The van der Waals surface area contributed by atoms with Gasteiger partial charge in [0.15, 0.2) is 0 Å². The van der Waals surface area contributed by atoms with Gasteiger partial charge >= 0.3 is 0 Å². The highest BCUT2D eigenvalue weighted by Gasteiger charge is 2.12. The summed E-state index contributed by atoms with van der Waals surface area (Å²) in [5.74, 6) is 0.369. The lowest BCUT2D eigenvalue weighted by molar-refractivity contribution is -0.121. The van der Waals surface area contributed by atoms with Crippen LogP contribution in [0.5, 0.6) is 11.5 Å². The molecule has 122 valence electrons. The van der Waals surface area contributed by atoms with E-state index in [4.69, 9.17) is 9.47 Å². The normalized spacial score (nSPS) is 10.0. The number of rotatable bonds is 5. The van der Waals surface area contributed by atoms with Crippen molar-refractivity contribution in [2.24, 2.45) is 0 Å². The number of nitrogens with one attached hydrogen (secondary N) is 3. The van der Waals surface area contributed by atoms with E-state index in [9.17, 15) is 9.59 Å². The summed E-state index contributed by atoms with van der Waals surface area (Å²) in [6.07, 6.45) is 1.68. The predicted octanol–water partition coefficient (Wildman–Crippen LogP) is 1.80. The van der Waals surface area contributed by atoms with Gasteiger partial charge in [-0.2, -0.15) is 0 Å². The molecule has 2 amide bonds. The Morgan fingerprint density at radius 1 is 1.17 bits per heavy atom. The summed E-state index contributed by atoms with van der Waals surface area (Å²) in [4.78, 5) is 26.5. The zero-order chi connectivity index (χ0) is 16.8. The summed E-state index contributed by atoms with van der Waals surface area (Å²) >= 11 is 3.23. The number of carbonyl (C=O) groups is 2. The number of hydrogen-bond acceptors (Lipinski definition) is 4. The lowest BCUT2D eigenvalue weighted by atomic mass is 10.1. The summed E-state index contributed by atoms with van der Waals surface area (Å²) in [5, 5.41) is 0. The minimum Gasteiger partial charge on any atom is -0.497 e. The average Bonchev–Trinajstić information content (AvgIpc) is 2.99. The van der Waals surface area contributed by atoms with Crippen molar-refractivity contribution in [1.82, 2.24) is 15.8 Å². The maximum absolute atomic E-state index is 11.9. The Kier molecular flexibility index (Phi) is 5.64. The van der Waals surface area contributed by atoms with Crippen molar-refractivity contribution in [2.75, 3.05) is 14.2 Å². The number of methoxy groups -OCH3 is 2. The first-order valence-corrected chi connectivity index (χ1v) is 7.46. The first-order valence-electron chi connectivity index (χ1n) is 6.67. The van der Waals surface area contributed by atoms with Crippen LogP contribution < -0.4 is 20.3 Å². The molecule has 0 aliphatic rings. The molecule has 3 N–H and O–H groups in total. The van der Waals surface area contributed by atoms with Gasteiger partial charge in [-0.1, -0.05) is 6.07 Å². The van der Waals surface area contributed by atoms with Crippen LogP contribution in [-0.4, -0.2) is 31.0 Å². The number of hydrazine groups is 1. The van der Waals surface area contributed by atoms with Crippen LogP contribution in [0.1, 0.15) is 16.1 Å². The molecular formula is C15H16BrN3O4. The Morgan fingerprint density at radius 2 is 1.96 bits per heavy atom. The number of carbonyl (C=O) groups excluding carboxylic acids is 2. The van der Waals surface area contributed by atoms with Crippen molar-refractivity contribution < 1.29 is 19.1 Å². The summed E-state index contributed by atoms with van der Waals surface area (Å²) < 4.78 is 11.1. The van der Waals surface area contributed by atoms with Crippen molar-refractivity contribution in [2.45, 2.75) is 6.42 Å². The first-order chi connectivity index (χ1) is 11.0. The predicted molar refractivity (Wildman–Crippen MR) is 87.4 cm³/mol. The molecule has 0 aliphatic heterocycles. The highest BCUT2D eigenvalue weighted by Crippen LogP contribution is 2.24. The number of hydrogen-bond donors (Lipinski definition) is 3. The second-order valence-electron chi connectivity index (χ2n) is 4.59. The van der Waals surface area contributed by atoms with Gasteiger partial charge in [0.2, 0.25) is 5.91 Å². The molecule has 1 aromatic carbocycles. The fourth-order valence-electron chi connectivity index (χ4n) is 1.91. The molecule has 23 heavy (non-hydrogen) atoms. The molecule has 0 bridgehead atoms. The number of aromatic nitrogens is 1. The lowest BCUT2D eigenvalue weighted by Gasteiger charge is -2.11. The molecule has 2 rings (SSSR count). The van der Waals surface area contributed by atoms with E-state index >= 15 is 0 Å². The van der Waals surface area contributed by atoms with Crippen molar-refractivity contribution in [3.05, 3.63) is 46.2 Å². The third-order valence-corrected chi connectivity index (χ3v) is 3.51. The number of halogens is 1. The molecule has 0 atom stereocenters. The monoisotopic (exact) mass is 381 g/mol. The standard InChI is InChI=1S/C15H16BrN3O4/c1-22-11-4-3-9(13(7-11)23-2)5-14(20)18-19-15(21)12-6-10(16)8-17-12/h3-4,6-8,17H,5H2,1-2H3,(H,18,20)(H,19,21). The number of amides is 2. The van der Waals surface area contributed by atoms with E-state index in [1.54, 1.807) is 37.6 Å². The Bertz CT molecular complexity index is 714. The summed E-state index contributed by atoms with van der Waals surface area (Å²) in [6.45, 7) is 0. The Balaban J connectivity index is 1.93. The molecule has 0 aliphatic carbocycles. The summed E-state index contributed by atoms with van der Waals surface area (Å²) in [5.41, 5.74) is 5.71. The van der Waals surface area contributed by atoms with Crippen molar-refractivity contribution in [3.8, 4) is 11.5 Å². The molecule has 0 radical (unpaired) electrons. The molecule has 7 nitrogen and oxygen atoms in total. The number of benzene rings is 1. The highest BCUT2D eigenvalue weighted by molar-refractivity contribution is 9.10. The molecular weight excluding hydrogens is 366 g/mol. The van der Waals surface area contributed by atoms with Crippen molar-refractivity contribution >= 4 is 27.7 Å². The van der Waals surface area contributed by atoms with Gasteiger partial charge in [-0.25, -0.2) is 0 Å². The van der Waals surface area contributed by atoms with Crippen LogP contribution in [-0.2, 0) is 11.2 Å². The lowest BCUT2D eigenvalue weighted by Crippen LogP contribution is -2.42. The molecule has 8 heteroatoms. The molecule has 0 unspecified atom stereocenters. The van der Waals surface area contributed by atoms with Gasteiger partial charge in [0.1, 0.15) is 17.2 Å². The minimum absolute atomic E-state index is 0.0574. The Labute approximate surface area is 141 Å². The van der Waals surface area contributed by atoms with Crippen LogP contribution >= 0.6 is 15.9 Å². The largest absolute Gasteiger partial charge is 0.497 e. The van der Waals surface area contributed by atoms with Gasteiger partial charge in [-0.15, -0.1) is 0 Å². The minimum atomic E-state index is -0.439. The highest BCUT2D eigenvalue weighted by atomic mass is 79.9. The van der Waals surface area contributed by atoms with Crippen LogP contribution in [0.4, 0.5) is 0 Å². The van der Waals surface area contributed by atoms with Crippen molar-refractivity contribution in [1.29, 1.82) is 0 Å². The average molecular weight is 382 g/mol. The van der Waals surface area contributed by atoms with E-state index in [1.807, 2.05) is 0 Å². The number of aromatic amines is 1. The smallest absolute Gasteiger partial charge is 0.286 e. The fraction of sp³-hybridized carbons (Fsp3) is 0.200. The van der Waals surface area contributed by atoms with E-state index < -0.39 is 5.91 Å². The molecule has 2 aromatic rings. The molecule has 0 saturated carbocycles. The Morgan fingerprint density at radius 3 is 2.57 bits per heavy atom. The zero-order valence-corrected chi connectivity index (χ0v) is 14.2. The second-order valence-corrected chi connectivity index (χ2v) is 5.50. The van der Waals surface area contributed by atoms with Crippen LogP contribution in [0, 0.1) is 0 Å². The molecule has 0 saturated heterocycles. The second kappa shape index (κ2) is 7.68. The number of H-pyrrole nitrogens is 1. The Hall–Kier alpha value is -2.48. The van der Waals surface area contributed by atoms with E-state index in [0.717, 1.165) is 4.47 Å². The van der Waals surface area contributed by atoms with E-state index in [0.29, 0.717) is 22.8 Å². The fourth-order valence-corrected chi connectivity index (χ4v) is 2.25. The van der Waals surface area contributed by atoms with E-state index in [2.05, 4.69) is 31.8 Å². The quantitative estimate of drug-likeness (QED) is 0.688. The van der Waals surface area contributed by atoms with Crippen LogP contribution in [0.15, 0.2) is 34.9 Å². The van der Waals surface area contributed by atoms with Gasteiger partial charge in [0.05, 0.1) is 20.6 Å². The third kappa shape index (κ3) is 4.49. The van der Waals surface area contributed by atoms with Gasteiger partial charge in [-0.3, -0.25) is 20.4 Å². The van der Waals surface area contributed by atoms with E-state index in [1.165, 1.54) is 7.11 Å². The van der Waals surface area contributed by atoms with Gasteiger partial charge in [-0.05, 0) is 28.1 Å². The van der Waals surface area contributed by atoms with Crippen LogP contribution in [0.2, 0.25) is 0 Å². The third-order valence-electron chi connectivity index (χ3n) is 3.05. The SMILES string of the molecule is COc1ccc(CC(=O)NNC(=O)c2cc(Br)c[nH]2)c(OC)c1. The first kappa shape index (κ1) is 16.9. The van der Waals surface area contributed by atoms with Crippen molar-refractivity contribution in [3.63, 3.8) is 0 Å².